The Balaban J connectivity index is 2.39. The molecule has 0 aliphatic heterocycles. The fourth-order valence-electron chi connectivity index (χ4n) is 2.65. The molecular formula is C20H24N2O5S. The van der Waals surface area contributed by atoms with E-state index >= 15 is 0 Å². The van der Waals surface area contributed by atoms with Gasteiger partial charge in [0.25, 0.3) is 0 Å². The molecule has 0 radical (unpaired) electrons. The van der Waals surface area contributed by atoms with Crippen molar-refractivity contribution in [3.8, 4) is 0 Å². The van der Waals surface area contributed by atoms with Crippen LogP contribution in [0.5, 0.6) is 0 Å². The van der Waals surface area contributed by atoms with Crippen molar-refractivity contribution in [1.82, 2.24) is 4.31 Å². The summed E-state index contributed by atoms with van der Waals surface area (Å²) in [6.07, 6.45) is 1.04. The van der Waals surface area contributed by atoms with Crippen molar-refractivity contribution >= 4 is 27.6 Å². The van der Waals surface area contributed by atoms with Crippen molar-refractivity contribution in [1.29, 1.82) is 0 Å². The maximum Gasteiger partial charge on any atom is 0.338 e. The number of amides is 1. The smallest absolute Gasteiger partial charge is 0.338 e. The van der Waals surface area contributed by atoms with E-state index in [1.807, 2.05) is 0 Å². The summed E-state index contributed by atoms with van der Waals surface area (Å²) in [6.45, 7) is 3.73. The lowest BCUT2D eigenvalue weighted by molar-refractivity contribution is -0.119. The zero-order valence-corrected chi connectivity index (χ0v) is 17.1. The fraction of sp³-hybridized carbons (Fsp3) is 0.300. The van der Waals surface area contributed by atoms with Crippen LogP contribution in [-0.4, -0.2) is 44.5 Å². The van der Waals surface area contributed by atoms with E-state index in [9.17, 15) is 18.0 Å². The number of carbonyl (C=O) groups is 2. The third kappa shape index (κ3) is 5.17. The number of benzene rings is 2. The van der Waals surface area contributed by atoms with E-state index in [4.69, 9.17) is 4.74 Å². The molecule has 0 unspecified atom stereocenters. The minimum Gasteiger partial charge on any atom is -0.462 e. The number of esters is 1. The number of sulfonamides is 1. The van der Waals surface area contributed by atoms with E-state index in [-0.39, 0.29) is 6.61 Å². The van der Waals surface area contributed by atoms with Crippen molar-refractivity contribution in [2.75, 3.05) is 25.2 Å². The third-order valence-corrected chi connectivity index (χ3v) is 5.51. The van der Waals surface area contributed by atoms with Crippen LogP contribution >= 0.6 is 0 Å². The number of hydrogen-bond donors (Lipinski definition) is 1. The van der Waals surface area contributed by atoms with Crippen molar-refractivity contribution < 1.29 is 22.7 Å². The molecule has 0 fully saturated rings. The molecule has 28 heavy (non-hydrogen) atoms. The third-order valence-electron chi connectivity index (χ3n) is 4.26. The number of nitrogens with zero attached hydrogens (tertiary/aromatic N) is 1. The van der Waals surface area contributed by atoms with Crippen LogP contribution in [0.2, 0.25) is 0 Å². The van der Waals surface area contributed by atoms with E-state index in [0.29, 0.717) is 16.8 Å². The van der Waals surface area contributed by atoms with Crippen molar-refractivity contribution in [3.63, 3.8) is 0 Å². The average Bonchev–Trinajstić information content (AvgIpc) is 2.64. The van der Waals surface area contributed by atoms with Crippen molar-refractivity contribution in [2.24, 2.45) is 0 Å². The molecule has 1 atom stereocenters. The van der Waals surface area contributed by atoms with E-state index < -0.39 is 27.9 Å². The SMILES string of the molecule is CCOC(=O)c1ccc(C)c(NC(=O)[C@@H](c2ccccc2)N(C)S(C)(=O)=O)c1. The van der Waals surface area contributed by atoms with Gasteiger partial charge in [-0.15, -0.1) is 0 Å². The average molecular weight is 404 g/mol. The monoisotopic (exact) mass is 404 g/mol. The van der Waals surface area contributed by atoms with Crippen LogP contribution < -0.4 is 5.32 Å². The Labute approximate surface area is 165 Å². The molecule has 0 aromatic heterocycles. The zero-order valence-electron chi connectivity index (χ0n) is 16.3. The van der Waals surface area contributed by atoms with Gasteiger partial charge in [0.2, 0.25) is 15.9 Å². The minimum absolute atomic E-state index is 0.240. The predicted octanol–water partition coefficient (Wildman–Crippen LogP) is 2.74. The van der Waals surface area contributed by atoms with Crippen LogP contribution in [0.3, 0.4) is 0 Å². The van der Waals surface area contributed by atoms with E-state index in [0.717, 1.165) is 16.1 Å². The van der Waals surface area contributed by atoms with Gasteiger partial charge in [-0.05, 0) is 37.1 Å². The first-order chi connectivity index (χ1) is 13.1. The van der Waals surface area contributed by atoms with Gasteiger partial charge in [0.15, 0.2) is 0 Å². The molecule has 2 aromatic carbocycles. The molecule has 0 aliphatic carbocycles. The lowest BCUT2D eigenvalue weighted by atomic mass is 10.1. The number of aryl methyl sites for hydroxylation is 1. The number of nitrogens with one attached hydrogen (secondary N) is 1. The van der Waals surface area contributed by atoms with Crippen LogP contribution in [0, 0.1) is 6.92 Å². The number of hydrogen-bond acceptors (Lipinski definition) is 5. The highest BCUT2D eigenvalue weighted by Gasteiger charge is 2.31. The topological polar surface area (TPSA) is 92.8 Å². The lowest BCUT2D eigenvalue weighted by Crippen LogP contribution is -2.38. The van der Waals surface area contributed by atoms with Crippen LogP contribution in [-0.2, 0) is 19.6 Å². The molecule has 1 amide bonds. The van der Waals surface area contributed by atoms with Crippen LogP contribution in [0.1, 0.15) is 34.5 Å². The Bertz CT molecular complexity index is 958. The Kier molecular flexibility index (Phi) is 6.93. The second-order valence-corrected chi connectivity index (χ2v) is 8.37. The van der Waals surface area contributed by atoms with Gasteiger partial charge in [0.1, 0.15) is 6.04 Å². The quantitative estimate of drug-likeness (QED) is 0.717. The maximum absolute atomic E-state index is 13.0. The Morgan fingerprint density at radius 1 is 1.14 bits per heavy atom. The first kappa shape index (κ1) is 21.6. The second kappa shape index (κ2) is 8.99. The number of carbonyl (C=O) groups excluding carboxylic acids is 2. The van der Waals surface area contributed by atoms with Crippen LogP contribution in [0.4, 0.5) is 5.69 Å². The second-order valence-electron chi connectivity index (χ2n) is 6.33. The molecule has 0 saturated heterocycles. The summed E-state index contributed by atoms with van der Waals surface area (Å²) in [7, 11) is -2.27. The number of rotatable bonds is 7. The van der Waals surface area contributed by atoms with E-state index in [1.165, 1.54) is 13.1 Å². The van der Waals surface area contributed by atoms with Gasteiger partial charge in [0, 0.05) is 12.7 Å². The van der Waals surface area contributed by atoms with Crippen LogP contribution in [0.15, 0.2) is 48.5 Å². The van der Waals surface area contributed by atoms with Gasteiger partial charge < -0.3 is 10.1 Å². The molecule has 7 nitrogen and oxygen atoms in total. The van der Waals surface area contributed by atoms with Crippen LogP contribution in [0.25, 0.3) is 0 Å². The molecule has 1 N–H and O–H groups in total. The first-order valence-electron chi connectivity index (χ1n) is 8.71. The number of ether oxygens (including phenoxy) is 1. The molecule has 2 rings (SSSR count). The van der Waals surface area contributed by atoms with Gasteiger partial charge in [-0.1, -0.05) is 36.4 Å². The standard InChI is InChI=1S/C20H24N2O5S/c1-5-27-20(24)16-12-11-14(2)17(13-16)21-19(23)18(22(3)28(4,25)26)15-9-7-6-8-10-15/h6-13,18H,5H2,1-4H3,(H,21,23)/t18-/m1/s1. The number of anilines is 1. The van der Waals surface area contributed by atoms with Gasteiger partial charge in [-0.3, -0.25) is 4.79 Å². The number of likely N-dealkylation sites (N-methyl/N-ethyl adjacent to an activating group) is 1. The summed E-state index contributed by atoms with van der Waals surface area (Å²) < 4.78 is 30.1. The summed E-state index contributed by atoms with van der Waals surface area (Å²) in [5.41, 5.74) is 1.98. The molecule has 8 heteroatoms. The zero-order chi connectivity index (χ0) is 20.9. The Hall–Kier alpha value is -2.71. The lowest BCUT2D eigenvalue weighted by Gasteiger charge is -2.26. The molecule has 0 bridgehead atoms. The maximum atomic E-state index is 13.0. The predicted molar refractivity (Wildman–Crippen MR) is 108 cm³/mol. The highest BCUT2D eigenvalue weighted by Crippen LogP contribution is 2.25. The molecule has 150 valence electrons. The molecule has 0 spiro atoms. The van der Waals surface area contributed by atoms with E-state index in [1.54, 1.807) is 56.3 Å². The molecule has 0 saturated carbocycles. The Morgan fingerprint density at radius 3 is 2.36 bits per heavy atom. The summed E-state index contributed by atoms with van der Waals surface area (Å²) in [4.78, 5) is 25.0. The summed E-state index contributed by atoms with van der Waals surface area (Å²) in [5, 5.41) is 2.75. The molecule has 0 aliphatic rings. The Morgan fingerprint density at radius 2 is 1.79 bits per heavy atom. The fourth-order valence-corrected chi connectivity index (χ4v) is 3.25. The molecule has 2 aromatic rings. The summed E-state index contributed by atoms with van der Waals surface area (Å²) in [6, 6.07) is 12.4. The molecule has 0 heterocycles. The normalized spacial score (nSPS) is 12.5. The molecular weight excluding hydrogens is 380 g/mol. The minimum atomic E-state index is -3.63. The highest BCUT2D eigenvalue weighted by molar-refractivity contribution is 7.88. The summed E-state index contributed by atoms with van der Waals surface area (Å²) >= 11 is 0. The van der Waals surface area contributed by atoms with Gasteiger partial charge in [0.05, 0.1) is 18.4 Å². The summed E-state index contributed by atoms with van der Waals surface area (Å²) in [5.74, 6) is -1.02. The van der Waals surface area contributed by atoms with Gasteiger partial charge in [-0.2, -0.15) is 4.31 Å². The first-order valence-corrected chi connectivity index (χ1v) is 10.6. The van der Waals surface area contributed by atoms with Gasteiger partial charge >= 0.3 is 5.97 Å². The van der Waals surface area contributed by atoms with E-state index in [2.05, 4.69) is 5.32 Å². The highest BCUT2D eigenvalue weighted by atomic mass is 32.2. The van der Waals surface area contributed by atoms with Crippen molar-refractivity contribution in [2.45, 2.75) is 19.9 Å². The van der Waals surface area contributed by atoms with Gasteiger partial charge in [-0.25, -0.2) is 13.2 Å². The van der Waals surface area contributed by atoms with Crippen molar-refractivity contribution in [3.05, 3.63) is 65.2 Å². The largest absolute Gasteiger partial charge is 0.462 e.